The third kappa shape index (κ3) is 3.24. The molecule has 10 heteroatoms. The van der Waals surface area contributed by atoms with E-state index < -0.39 is 0 Å². The zero-order valence-electron chi connectivity index (χ0n) is 13.4. The highest BCUT2D eigenvalue weighted by Gasteiger charge is 2.41. The van der Waals surface area contributed by atoms with Crippen LogP contribution in [0.3, 0.4) is 0 Å². The number of fused-ring (bicyclic) bond motifs is 2. The number of rotatable bonds is 8. The Bertz CT molecular complexity index is 675. The summed E-state index contributed by atoms with van der Waals surface area (Å²) in [7, 11) is 3.21. The lowest BCUT2D eigenvalue weighted by atomic mass is 9.96. The molecule has 1 atom stereocenters. The summed E-state index contributed by atoms with van der Waals surface area (Å²) in [5.41, 5.74) is 1.60. The van der Waals surface area contributed by atoms with E-state index in [1.807, 2.05) is 6.08 Å². The second-order valence-corrected chi connectivity index (χ2v) is 5.65. The molecule has 3 rings (SSSR count). The third-order valence-electron chi connectivity index (χ3n) is 3.80. The number of nitrogens with zero attached hydrogens (tertiary/aromatic N) is 6. The SMILES string of the molecule is C=CCON1C(=O)N2CC(n3cc(CN(C)[B]C=O)nn3)=CC1C2. The summed E-state index contributed by atoms with van der Waals surface area (Å²) in [5, 5.41) is 9.60. The molecule has 2 bridgehead atoms. The molecule has 0 aliphatic carbocycles. The maximum atomic E-state index is 12.3. The van der Waals surface area contributed by atoms with Crippen molar-refractivity contribution in [1.82, 2.24) is 29.8 Å². The van der Waals surface area contributed by atoms with Gasteiger partial charge < -0.3 is 14.5 Å². The van der Waals surface area contributed by atoms with Crippen LogP contribution in [0.25, 0.3) is 5.70 Å². The van der Waals surface area contributed by atoms with Crippen LogP contribution in [0.4, 0.5) is 4.79 Å². The maximum absolute atomic E-state index is 12.3. The van der Waals surface area contributed by atoms with Gasteiger partial charge in [0.1, 0.15) is 0 Å². The highest BCUT2D eigenvalue weighted by Crippen LogP contribution is 2.26. The maximum Gasteiger partial charge on any atom is 0.345 e. The lowest BCUT2D eigenvalue weighted by Crippen LogP contribution is -2.33. The fraction of sp³-hybridized carbons (Fsp3) is 0.429. The minimum absolute atomic E-state index is 0.153. The van der Waals surface area contributed by atoms with Gasteiger partial charge in [0.25, 0.3) is 7.41 Å². The number of carbonyl (C=O) groups is 2. The Labute approximate surface area is 140 Å². The number of hydroxylamine groups is 2. The van der Waals surface area contributed by atoms with Gasteiger partial charge in [-0.3, -0.25) is 4.84 Å². The summed E-state index contributed by atoms with van der Waals surface area (Å²) in [6.45, 7) is 5.40. The molecule has 0 saturated carbocycles. The third-order valence-corrected chi connectivity index (χ3v) is 3.80. The van der Waals surface area contributed by atoms with Crippen molar-refractivity contribution in [2.45, 2.75) is 12.6 Å². The molecule has 1 saturated heterocycles. The highest BCUT2D eigenvalue weighted by atomic mass is 16.7. The second kappa shape index (κ2) is 6.97. The van der Waals surface area contributed by atoms with Crippen LogP contribution in [-0.4, -0.2) is 82.2 Å². The van der Waals surface area contributed by atoms with E-state index in [1.54, 1.807) is 33.7 Å². The Hall–Kier alpha value is -2.46. The molecule has 9 nitrogen and oxygen atoms in total. The standard InChI is InChI=1S/C14H18BN6O3/c1-3-4-24-21-13-5-12(8-19(9-13)14(21)23)20-7-11(16-17-20)6-18(2)15-10-22/h3,5,7,10,13H,1,4,6,8-9H2,2H3. The van der Waals surface area contributed by atoms with Crippen LogP contribution in [0, 0.1) is 0 Å². The molecule has 1 aromatic heterocycles. The molecule has 2 aliphatic heterocycles. The normalized spacial score (nSPS) is 19.7. The lowest BCUT2D eigenvalue weighted by Gasteiger charge is -2.20. The van der Waals surface area contributed by atoms with Crippen LogP contribution in [0.5, 0.6) is 0 Å². The van der Waals surface area contributed by atoms with E-state index in [-0.39, 0.29) is 18.7 Å². The number of hydrogen-bond donors (Lipinski definition) is 0. The van der Waals surface area contributed by atoms with Gasteiger partial charge >= 0.3 is 6.03 Å². The molecule has 2 aliphatic rings. The molecule has 1 fully saturated rings. The summed E-state index contributed by atoms with van der Waals surface area (Å²) in [6.07, 6.45) is 6.09. The van der Waals surface area contributed by atoms with Crippen molar-refractivity contribution in [2.75, 3.05) is 26.7 Å². The molecule has 0 N–H and O–H groups in total. The van der Waals surface area contributed by atoms with Gasteiger partial charge in [0.05, 0.1) is 43.0 Å². The minimum Gasteiger partial charge on any atom is -0.338 e. The van der Waals surface area contributed by atoms with Crippen LogP contribution >= 0.6 is 0 Å². The van der Waals surface area contributed by atoms with Gasteiger partial charge in [-0.05, 0) is 13.1 Å². The number of urea groups is 1. The fourth-order valence-electron chi connectivity index (χ4n) is 2.74. The Kier molecular flexibility index (Phi) is 4.77. The zero-order chi connectivity index (χ0) is 17.1. The molecule has 1 radical (unpaired) electrons. The van der Waals surface area contributed by atoms with Crippen molar-refractivity contribution in [2.24, 2.45) is 0 Å². The van der Waals surface area contributed by atoms with Crippen molar-refractivity contribution in [3.8, 4) is 0 Å². The van der Waals surface area contributed by atoms with Gasteiger partial charge in [0.2, 0.25) is 0 Å². The smallest absolute Gasteiger partial charge is 0.338 e. The van der Waals surface area contributed by atoms with Crippen molar-refractivity contribution < 1.29 is 14.4 Å². The second-order valence-electron chi connectivity index (χ2n) is 5.65. The first-order chi connectivity index (χ1) is 11.6. The molecular weight excluding hydrogens is 311 g/mol. The Balaban J connectivity index is 1.72. The zero-order valence-corrected chi connectivity index (χ0v) is 13.4. The van der Waals surface area contributed by atoms with Crippen LogP contribution < -0.4 is 0 Å². The molecule has 0 aromatic carbocycles. The molecule has 1 aromatic rings. The Morgan fingerprint density at radius 1 is 1.58 bits per heavy atom. The fourth-order valence-corrected chi connectivity index (χ4v) is 2.74. The largest absolute Gasteiger partial charge is 0.345 e. The van der Waals surface area contributed by atoms with Crippen LogP contribution in [0.1, 0.15) is 5.69 Å². The van der Waals surface area contributed by atoms with E-state index in [9.17, 15) is 9.59 Å². The highest BCUT2D eigenvalue weighted by molar-refractivity contribution is 6.64. The molecule has 0 spiro atoms. The van der Waals surface area contributed by atoms with Crippen LogP contribution in [0.15, 0.2) is 24.9 Å². The number of carbonyl (C=O) groups excluding carboxylic acids is 2. The average molecular weight is 329 g/mol. The molecule has 2 amide bonds. The summed E-state index contributed by atoms with van der Waals surface area (Å²) in [6, 6.07) is -0.311. The van der Waals surface area contributed by atoms with E-state index in [2.05, 4.69) is 16.9 Å². The lowest BCUT2D eigenvalue weighted by molar-refractivity contribution is -0.107. The Morgan fingerprint density at radius 3 is 3.17 bits per heavy atom. The van der Waals surface area contributed by atoms with Crippen molar-refractivity contribution in [3.05, 3.63) is 30.6 Å². The summed E-state index contributed by atoms with van der Waals surface area (Å²) in [5.74, 6) is 0. The van der Waals surface area contributed by atoms with E-state index in [1.165, 1.54) is 12.5 Å². The van der Waals surface area contributed by atoms with Crippen molar-refractivity contribution in [3.63, 3.8) is 0 Å². The average Bonchev–Trinajstić information content (AvgIpc) is 3.10. The van der Waals surface area contributed by atoms with Crippen molar-refractivity contribution >= 4 is 25.3 Å². The first-order valence-electron chi connectivity index (χ1n) is 7.55. The molecule has 1 unspecified atom stereocenters. The van der Waals surface area contributed by atoms with Gasteiger partial charge in [0, 0.05) is 13.1 Å². The minimum atomic E-state index is -0.159. The monoisotopic (exact) mass is 329 g/mol. The first kappa shape index (κ1) is 16.4. The summed E-state index contributed by atoms with van der Waals surface area (Å²) < 4.78 is 1.66. The van der Waals surface area contributed by atoms with Crippen LogP contribution in [-0.2, 0) is 16.2 Å². The van der Waals surface area contributed by atoms with E-state index in [0.717, 1.165) is 17.6 Å². The van der Waals surface area contributed by atoms with Gasteiger partial charge in [0.15, 0.2) is 0 Å². The predicted octanol–water partition coefficient (Wildman–Crippen LogP) is -0.402. The van der Waals surface area contributed by atoms with Gasteiger partial charge in [-0.25, -0.2) is 9.48 Å². The predicted molar refractivity (Wildman–Crippen MR) is 87.0 cm³/mol. The van der Waals surface area contributed by atoms with E-state index in [0.29, 0.717) is 19.6 Å². The number of aromatic nitrogens is 3. The number of amides is 2. The molecule has 125 valence electrons. The number of hydrogen-bond acceptors (Lipinski definition) is 6. The van der Waals surface area contributed by atoms with E-state index >= 15 is 0 Å². The Morgan fingerprint density at radius 2 is 2.42 bits per heavy atom. The molecule has 24 heavy (non-hydrogen) atoms. The van der Waals surface area contributed by atoms with E-state index in [4.69, 9.17) is 4.84 Å². The van der Waals surface area contributed by atoms with Gasteiger partial charge in [-0.15, -0.1) is 11.7 Å². The quantitative estimate of drug-likeness (QED) is 0.367. The summed E-state index contributed by atoms with van der Waals surface area (Å²) in [4.78, 5) is 31.6. The molecule has 3 heterocycles. The van der Waals surface area contributed by atoms with Crippen LogP contribution in [0.2, 0.25) is 0 Å². The van der Waals surface area contributed by atoms with Gasteiger partial charge in [-0.1, -0.05) is 11.3 Å². The van der Waals surface area contributed by atoms with Crippen molar-refractivity contribution in [1.29, 1.82) is 0 Å². The molecular formula is C14H18BN6O3. The van der Waals surface area contributed by atoms with Gasteiger partial charge in [-0.2, -0.15) is 5.06 Å². The first-order valence-corrected chi connectivity index (χ1v) is 7.55. The topological polar surface area (TPSA) is 83.8 Å². The summed E-state index contributed by atoms with van der Waals surface area (Å²) >= 11 is 0.